The van der Waals surface area contributed by atoms with Gasteiger partial charge >= 0.3 is 0 Å². The minimum Gasteiger partial charge on any atom is -0.389 e. The summed E-state index contributed by atoms with van der Waals surface area (Å²) < 4.78 is 27.7. The maximum atomic E-state index is 11.1. The van der Waals surface area contributed by atoms with Crippen molar-refractivity contribution in [2.75, 3.05) is 25.2 Å². The van der Waals surface area contributed by atoms with E-state index in [1.807, 2.05) is 0 Å². The summed E-state index contributed by atoms with van der Waals surface area (Å²) in [5.41, 5.74) is 0. The van der Waals surface area contributed by atoms with E-state index in [1.54, 1.807) is 6.92 Å². The zero-order chi connectivity index (χ0) is 13.6. The van der Waals surface area contributed by atoms with Gasteiger partial charge in [0.25, 0.3) is 0 Å². The number of rotatable bonds is 8. The summed E-state index contributed by atoms with van der Waals surface area (Å²) in [6.07, 6.45) is 5.54. The fourth-order valence-corrected chi connectivity index (χ4v) is 3.24. The van der Waals surface area contributed by atoms with Crippen molar-refractivity contribution in [3.05, 3.63) is 0 Å². The topological polar surface area (TPSA) is 75.6 Å². The van der Waals surface area contributed by atoms with Gasteiger partial charge in [-0.15, -0.1) is 0 Å². The third-order valence-corrected chi connectivity index (χ3v) is 4.19. The Labute approximate surface area is 110 Å². The molecule has 1 saturated carbocycles. The quantitative estimate of drug-likeness (QED) is 0.669. The maximum Gasteiger partial charge on any atom is 0.148 e. The Morgan fingerprint density at radius 3 is 2.56 bits per heavy atom. The molecule has 0 saturated heterocycles. The predicted octanol–water partition coefficient (Wildman–Crippen LogP) is 0.329. The molecule has 18 heavy (non-hydrogen) atoms. The lowest BCUT2D eigenvalue weighted by atomic mass is 10.3. The third-order valence-electron chi connectivity index (χ3n) is 3.08. The van der Waals surface area contributed by atoms with Gasteiger partial charge in [0.2, 0.25) is 0 Å². The molecule has 0 radical (unpaired) electrons. The predicted molar refractivity (Wildman–Crippen MR) is 71.4 cm³/mol. The Balaban J connectivity index is 2.10. The molecule has 5 nitrogen and oxygen atoms in total. The van der Waals surface area contributed by atoms with Crippen molar-refractivity contribution in [3.8, 4) is 0 Å². The zero-order valence-electron chi connectivity index (χ0n) is 11.3. The second-order valence-corrected chi connectivity index (χ2v) is 7.48. The smallest absolute Gasteiger partial charge is 0.148 e. The van der Waals surface area contributed by atoms with Crippen LogP contribution in [0, 0.1) is 0 Å². The average Bonchev–Trinajstić information content (AvgIpc) is 2.74. The van der Waals surface area contributed by atoms with Crippen LogP contribution in [0.4, 0.5) is 0 Å². The van der Waals surface area contributed by atoms with E-state index >= 15 is 0 Å². The van der Waals surface area contributed by atoms with Gasteiger partial charge in [-0.3, -0.25) is 0 Å². The number of ether oxygens (including phenoxy) is 1. The van der Waals surface area contributed by atoms with Crippen LogP contribution in [0.5, 0.6) is 0 Å². The summed E-state index contributed by atoms with van der Waals surface area (Å²) in [6.45, 7) is 2.48. The first kappa shape index (κ1) is 15.9. The highest BCUT2D eigenvalue weighted by atomic mass is 32.2. The number of aliphatic hydroxyl groups is 1. The van der Waals surface area contributed by atoms with Crippen LogP contribution >= 0.6 is 0 Å². The molecule has 0 heterocycles. The fourth-order valence-electron chi connectivity index (χ4n) is 2.21. The van der Waals surface area contributed by atoms with E-state index in [9.17, 15) is 13.5 Å². The largest absolute Gasteiger partial charge is 0.389 e. The van der Waals surface area contributed by atoms with Crippen LogP contribution < -0.4 is 5.32 Å². The van der Waals surface area contributed by atoms with Gasteiger partial charge in [-0.2, -0.15) is 0 Å². The number of aliphatic hydroxyl groups excluding tert-OH is 1. The molecule has 2 atom stereocenters. The van der Waals surface area contributed by atoms with Crippen LogP contribution in [0.3, 0.4) is 0 Å². The summed E-state index contributed by atoms with van der Waals surface area (Å²) >= 11 is 0. The van der Waals surface area contributed by atoms with E-state index in [0.717, 1.165) is 12.8 Å². The minimum atomic E-state index is -2.97. The molecule has 1 aliphatic carbocycles. The molecule has 0 amide bonds. The lowest BCUT2D eigenvalue weighted by molar-refractivity contribution is -0.00590. The Bertz CT molecular complexity index is 325. The first-order valence-corrected chi connectivity index (χ1v) is 8.63. The molecule has 2 unspecified atom stereocenters. The number of nitrogens with one attached hydrogen (secondary N) is 1. The molecule has 0 spiro atoms. The fraction of sp³-hybridized carbons (Fsp3) is 1.00. The van der Waals surface area contributed by atoms with Gasteiger partial charge in [-0.25, -0.2) is 8.42 Å². The van der Waals surface area contributed by atoms with Gasteiger partial charge < -0.3 is 15.2 Å². The van der Waals surface area contributed by atoms with Gasteiger partial charge in [0.15, 0.2) is 0 Å². The molecule has 1 aliphatic rings. The van der Waals surface area contributed by atoms with E-state index in [2.05, 4.69) is 5.32 Å². The molecule has 1 fully saturated rings. The highest BCUT2D eigenvalue weighted by molar-refractivity contribution is 7.90. The van der Waals surface area contributed by atoms with Gasteiger partial charge in [-0.1, -0.05) is 12.8 Å². The monoisotopic (exact) mass is 279 g/mol. The van der Waals surface area contributed by atoms with Crippen molar-refractivity contribution in [3.63, 3.8) is 0 Å². The number of sulfone groups is 1. The second-order valence-electron chi connectivity index (χ2n) is 5.30. The molecule has 108 valence electrons. The van der Waals surface area contributed by atoms with Crippen LogP contribution in [-0.4, -0.2) is 56.9 Å². The van der Waals surface area contributed by atoms with E-state index in [4.69, 9.17) is 4.74 Å². The first-order valence-electron chi connectivity index (χ1n) is 6.57. The molecular formula is C12H25NO4S. The van der Waals surface area contributed by atoms with Gasteiger partial charge in [0.1, 0.15) is 9.84 Å². The molecule has 2 N–H and O–H groups in total. The molecule has 0 aromatic heterocycles. The van der Waals surface area contributed by atoms with Crippen molar-refractivity contribution >= 4 is 9.84 Å². The lowest BCUT2D eigenvalue weighted by Gasteiger charge is -2.18. The van der Waals surface area contributed by atoms with Crippen LogP contribution in [0.25, 0.3) is 0 Å². The van der Waals surface area contributed by atoms with Crippen molar-refractivity contribution in [1.82, 2.24) is 5.32 Å². The van der Waals surface area contributed by atoms with E-state index in [-0.39, 0.29) is 11.8 Å². The Hall–Kier alpha value is -0.170. The molecule has 0 bridgehead atoms. The van der Waals surface area contributed by atoms with Crippen molar-refractivity contribution in [1.29, 1.82) is 0 Å². The first-order chi connectivity index (χ1) is 8.37. The summed E-state index contributed by atoms with van der Waals surface area (Å²) in [5, 5.41) is 12.7. The minimum absolute atomic E-state index is 0.0865. The molecule has 0 aliphatic heterocycles. The van der Waals surface area contributed by atoms with Crippen LogP contribution in [0.15, 0.2) is 0 Å². The molecule has 0 aromatic rings. The van der Waals surface area contributed by atoms with Crippen molar-refractivity contribution < 1.29 is 18.3 Å². The zero-order valence-corrected chi connectivity index (χ0v) is 12.1. The maximum absolute atomic E-state index is 11.1. The average molecular weight is 279 g/mol. The summed E-state index contributed by atoms with van der Waals surface area (Å²) in [4.78, 5) is 0. The summed E-state index contributed by atoms with van der Waals surface area (Å²) in [6, 6.07) is -0.152. The summed E-state index contributed by atoms with van der Waals surface area (Å²) in [5.74, 6) is 0.0865. The number of hydrogen-bond donors (Lipinski definition) is 2. The normalized spacial score (nSPS) is 21.1. The Kier molecular flexibility index (Phi) is 6.55. The van der Waals surface area contributed by atoms with Crippen LogP contribution in [-0.2, 0) is 14.6 Å². The standard InChI is InChI=1S/C12H25NO4S/c1-10(9-18(2,15)16)13-7-11(14)8-17-12-5-3-4-6-12/h10-14H,3-9H2,1-2H3. The van der Waals surface area contributed by atoms with Crippen LogP contribution in [0.2, 0.25) is 0 Å². The molecular weight excluding hydrogens is 254 g/mol. The molecule has 6 heteroatoms. The highest BCUT2D eigenvalue weighted by Crippen LogP contribution is 2.20. The van der Waals surface area contributed by atoms with Crippen LogP contribution in [0.1, 0.15) is 32.6 Å². The van der Waals surface area contributed by atoms with E-state index < -0.39 is 15.9 Å². The second kappa shape index (κ2) is 7.43. The lowest BCUT2D eigenvalue weighted by Crippen LogP contribution is -2.39. The number of hydrogen-bond acceptors (Lipinski definition) is 5. The van der Waals surface area contributed by atoms with E-state index in [0.29, 0.717) is 19.3 Å². The van der Waals surface area contributed by atoms with Gasteiger partial charge in [-0.05, 0) is 19.8 Å². The summed E-state index contributed by atoms with van der Waals surface area (Å²) in [7, 11) is -2.97. The third kappa shape index (κ3) is 7.31. The molecule has 0 aromatic carbocycles. The SMILES string of the molecule is CC(CS(C)(=O)=O)NCC(O)COC1CCCC1. The Morgan fingerprint density at radius 1 is 1.39 bits per heavy atom. The van der Waals surface area contributed by atoms with Crippen molar-refractivity contribution in [2.45, 2.75) is 50.9 Å². The Morgan fingerprint density at radius 2 is 2.00 bits per heavy atom. The van der Waals surface area contributed by atoms with Gasteiger partial charge in [0, 0.05) is 18.8 Å². The van der Waals surface area contributed by atoms with E-state index in [1.165, 1.54) is 19.1 Å². The van der Waals surface area contributed by atoms with Gasteiger partial charge in [0.05, 0.1) is 24.6 Å². The van der Waals surface area contributed by atoms with Crippen molar-refractivity contribution in [2.24, 2.45) is 0 Å². The highest BCUT2D eigenvalue weighted by Gasteiger charge is 2.17. The molecule has 1 rings (SSSR count).